The number of hydrogen-bond acceptors (Lipinski definition) is 5. The summed E-state index contributed by atoms with van der Waals surface area (Å²) in [6.45, 7) is 4.93. The monoisotopic (exact) mass is 342 g/mol. The molecule has 0 N–H and O–H groups in total. The van der Waals surface area contributed by atoms with Crippen molar-refractivity contribution in [1.29, 1.82) is 0 Å². The van der Waals surface area contributed by atoms with Gasteiger partial charge in [-0.05, 0) is 43.7 Å². The van der Waals surface area contributed by atoms with Gasteiger partial charge in [0.25, 0.3) is 0 Å². The van der Waals surface area contributed by atoms with Crippen LogP contribution in [0.2, 0.25) is 0 Å². The zero-order valence-corrected chi connectivity index (χ0v) is 14.4. The zero-order valence-electron chi connectivity index (χ0n) is 14.4. The van der Waals surface area contributed by atoms with Gasteiger partial charge < -0.3 is 18.9 Å². The molecule has 1 atom stereocenters. The lowest BCUT2D eigenvalue weighted by Crippen LogP contribution is -2.25. The Labute approximate surface area is 147 Å². The Morgan fingerprint density at radius 3 is 2.48 bits per heavy atom. The molecule has 0 amide bonds. The molecule has 0 aliphatic carbocycles. The molecule has 1 unspecified atom stereocenters. The molecule has 0 aromatic heterocycles. The van der Waals surface area contributed by atoms with Crippen molar-refractivity contribution in [3.63, 3.8) is 0 Å². The third-order valence-electron chi connectivity index (χ3n) is 3.81. The third kappa shape index (κ3) is 5.05. The maximum absolute atomic E-state index is 12.1. The van der Waals surface area contributed by atoms with Crippen LogP contribution in [0.15, 0.2) is 54.6 Å². The maximum atomic E-state index is 12.1. The van der Waals surface area contributed by atoms with Crippen LogP contribution in [0.25, 0.3) is 0 Å². The fourth-order valence-electron chi connectivity index (χ4n) is 2.53. The van der Waals surface area contributed by atoms with Gasteiger partial charge in [0, 0.05) is 0 Å². The molecule has 3 rings (SSSR count). The third-order valence-corrected chi connectivity index (χ3v) is 3.81. The molecule has 1 heterocycles. The number of hydrogen-bond donors (Lipinski definition) is 0. The van der Waals surface area contributed by atoms with Crippen molar-refractivity contribution >= 4 is 5.97 Å². The van der Waals surface area contributed by atoms with Crippen molar-refractivity contribution in [3.05, 3.63) is 65.7 Å². The molecule has 5 nitrogen and oxygen atoms in total. The van der Waals surface area contributed by atoms with Gasteiger partial charge in [-0.3, -0.25) is 0 Å². The summed E-state index contributed by atoms with van der Waals surface area (Å²) in [5.41, 5.74) is 1.45. The number of ether oxygens (including phenoxy) is 4. The predicted molar refractivity (Wildman–Crippen MR) is 92.4 cm³/mol. The van der Waals surface area contributed by atoms with E-state index in [9.17, 15) is 4.79 Å². The zero-order chi connectivity index (χ0) is 17.7. The first-order chi connectivity index (χ1) is 12.0. The second-order valence-corrected chi connectivity index (χ2v) is 6.35. The Morgan fingerprint density at radius 1 is 1.12 bits per heavy atom. The van der Waals surface area contributed by atoms with Crippen LogP contribution in [0.4, 0.5) is 0 Å². The second kappa shape index (κ2) is 7.68. The van der Waals surface area contributed by atoms with Crippen molar-refractivity contribution in [1.82, 2.24) is 0 Å². The number of carbonyl (C=O) groups is 1. The molecule has 0 spiro atoms. The van der Waals surface area contributed by atoms with Gasteiger partial charge in [0.05, 0.1) is 12.2 Å². The summed E-state index contributed by atoms with van der Waals surface area (Å²) in [6.07, 6.45) is -0.0921. The highest BCUT2D eigenvalue weighted by Crippen LogP contribution is 2.23. The molecule has 0 bridgehead atoms. The lowest BCUT2D eigenvalue weighted by Gasteiger charge is -2.17. The van der Waals surface area contributed by atoms with E-state index in [1.54, 1.807) is 24.3 Å². The van der Waals surface area contributed by atoms with Crippen LogP contribution in [0.1, 0.15) is 29.8 Å². The average molecular weight is 342 g/mol. The molecule has 2 aromatic rings. The molecule has 1 aliphatic heterocycles. The molecule has 1 aliphatic rings. The topological polar surface area (TPSA) is 54.0 Å². The van der Waals surface area contributed by atoms with E-state index in [1.807, 2.05) is 44.2 Å². The summed E-state index contributed by atoms with van der Waals surface area (Å²) < 4.78 is 22.2. The summed E-state index contributed by atoms with van der Waals surface area (Å²) >= 11 is 0. The van der Waals surface area contributed by atoms with Gasteiger partial charge in [-0.15, -0.1) is 0 Å². The van der Waals surface area contributed by atoms with Gasteiger partial charge in [0.15, 0.2) is 5.79 Å². The quantitative estimate of drug-likeness (QED) is 0.751. The molecule has 1 fully saturated rings. The molecule has 0 saturated carbocycles. The normalized spacial score (nSPS) is 18.7. The van der Waals surface area contributed by atoms with Crippen LogP contribution in [0.5, 0.6) is 5.75 Å². The fourth-order valence-corrected chi connectivity index (χ4v) is 2.53. The molecule has 2 aromatic carbocycles. The van der Waals surface area contributed by atoms with Crippen molar-refractivity contribution < 1.29 is 23.7 Å². The van der Waals surface area contributed by atoms with E-state index in [2.05, 4.69) is 0 Å². The summed E-state index contributed by atoms with van der Waals surface area (Å²) in [6, 6.07) is 16.5. The standard InChI is InChI=1S/C20H22O5/c1-20(2)24-14-18(25-20)13-22-17-10-8-16(9-11-17)19(21)23-12-15-6-4-3-5-7-15/h3-11,18H,12-14H2,1-2H3. The van der Waals surface area contributed by atoms with Crippen molar-refractivity contribution in [2.45, 2.75) is 32.3 Å². The SMILES string of the molecule is CC1(C)OCC(COc2ccc(C(=O)OCc3ccccc3)cc2)O1. The van der Waals surface area contributed by atoms with E-state index in [4.69, 9.17) is 18.9 Å². The molecular formula is C20H22O5. The van der Waals surface area contributed by atoms with Gasteiger partial charge in [-0.1, -0.05) is 30.3 Å². The van der Waals surface area contributed by atoms with Crippen LogP contribution in [-0.2, 0) is 20.8 Å². The average Bonchev–Trinajstić information content (AvgIpc) is 2.98. The molecule has 0 radical (unpaired) electrons. The van der Waals surface area contributed by atoms with Crippen LogP contribution in [0.3, 0.4) is 0 Å². The van der Waals surface area contributed by atoms with E-state index in [1.165, 1.54) is 0 Å². The van der Waals surface area contributed by atoms with Gasteiger partial charge >= 0.3 is 5.97 Å². The van der Waals surface area contributed by atoms with Crippen LogP contribution >= 0.6 is 0 Å². The van der Waals surface area contributed by atoms with Gasteiger partial charge in [-0.2, -0.15) is 0 Å². The number of carbonyl (C=O) groups excluding carboxylic acids is 1. The van der Waals surface area contributed by atoms with E-state index in [-0.39, 0.29) is 18.7 Å². The highest BCUT2D eigenvalue weighted by molar-refractivity contribution is 5.89. The van der Waals surface area contributed by atoms with Gasteiger partial charge in [0.2, 0.25) is 0 Å². The lowest BCUT2D eigenvalue weighted by molar-refractivity contribution is -0.141. The van der Waals surface area contributed by atoms with E-state index >= 15 is 0 Å². The Morgan fingerprint density at radius 2 is 1.84 bits per heavy atom. The number of esters is 1. The maximum Gasteiger partial charge on any atom is 0.338 e. The fraction of sp³-hybridized carbons (Fsp3) is 0.350. The van der Waals surface area contributed by atoms with E-state index in [0.29, 0.717) is 24.5 Å². The Bertz CT molecular complexity index is 694. The first-order valence-corrected chi connectivity index (χ1v) is 8.27. The summed E-state index contributed by atoms with van der Waals surface area (Å²) in [4.78, 5) is 12.1. The van der Waals surface area contributed by atoms with Crippen LogP contribution < -0.4 is 4.74 Å². The summed E-state index contributed by atoms with van der Waals surface area (Å²) in [7, 11) is 0. The second-order valence-electron chi connectivity index (χ2n) is 6.35. The molecule has 132 valence electrons. The molecule has 25 heavy (non-hydrogen) atoms. The van der Waals surface area contributed by atoms with Gasteiger partial charge in [-0.25, -0.2) is 4.79 Å². The number of benzene rings is 2. The molecule has 5 heteroatoms. The minimum atomic E-state index is -0.555. The minimum absolute atomic E-state index is 0.0921. The summed E-state index contributed by atoms with van der Waals surface area (Å²) in [5.74, 6) is -0.238. The van der Waals surface area contributed by atoms with Crippen molar-refractivity contribution in [2.75, 3.05) is 13.2 Å². The van der Waals surface area contributed by atoms with E-state index in [0.717, 1.165) is 5.56 Å². The van der Waals surface area contributed by atoms with Crippen molar-refractivity contribution in [3.8, 4) is 5.75 Å². The Balaban J connectivity index is 1.47. The minimum Gasteiger partial charge on any atom is -0.491 e. The highest BCUT2D eigenvalue weighted by atomic mass is 16.7. The predicted octanol–water partition coefficient (Wildman–Crippen LogP) is 3.57. The first kappa shape index (κ1) is 17.5. The van der Waals surface area contributed by atoms with Crippen LogP contribution in [-0.4, -0.2) is 31.1 Å². The van der Waals surface area contributed by atoms with Crippen molar-refractivity contribution in [2.24, 2.45) is 0 Å². The van der Waals surface area contributed by atoms with Gasteiger partial charge in [0.1, 0.15) is 25.1 Å². The largest absolute Gasteiger partial charge is 0.491 e. The molecular weight excluding hydrogens is 320 g/mol. The smallest absolute Gasteiger partial charge is 0.338 e. The number of rotatable bonds is 6. The summed E-state index contributed by atoms with van der Waals surface area (Å²) in [5, 5.41) is 0. The lowest BCUT2D eigenvalue weighted by atomic mass is 10.2. The Hall–Kier alpha value is -2.37. The molecule has 1 saturated heterocycles. The van der Waals surface area contributed by atoms with Crippen LogP contribution in [0, 0.1) is 0 Å². The van der Waals surface area contributed by atoms with E-state index < -0.39 is 5.79 Å². The highest BCUT2D eigenvalue weighted by Gasteiger charge is 2.32. The Kier molecular flexibility index (Phi) is 5.36. The first-order valence-electron chi connectivity index (χ1n) is 8.27.